The van der Waals surface area contributed by atoms with Crippen molar-refractivity contribution in [2.24, 2.45) is 0 Å². The van der Waals surface area contributed by atoms with Crippen LogP contribution in [0.4, 0.5) is 0 Å². The van der Waals surface area contributed by atoms with Crippen LogP contribution in [0.15, 0.2) is 59.2 Å². The Kier molecular flexibility index (Phi) is 7.69. The van der Waals surface area contributed by atoms with Crippen LogP contribution in [0.1, 0.15) is 36.6 Å². The van der Waals surface area contributed by atoms with E-state index in [4.69, 9.17) is 19.0 Å². The third-order valence-corrected chi connectivity index (χ3v) is 4.76. The summed E-state index contributed by atoms with van der Waals surface area (Å²) in [5, 5.41) is 8.80. The van der Waals surface area contributed by atoms with Gasteiger partial charge in [0, 0.05) is 24.7 Å². The summed E-state index contributed by atoms with van der Waals surface area (Å²) in [6, 6.07) is 15.9. The van der Waals surface area contributed by atoms with Crippen LogP contribution in [-0.4, -0.2) is 29.9 Å². The average Bonchev–Trinajstić information content (AvgIpc) is 3.46. The Morgan fingerprint density at radius 3 is 2.59 bits per heavy atom. The van der Waals surface area contributed by atoms with Crippen molar-refractivity contribution < 1.29 is 19.0 Å². The Hall–Kier alpha value is -2.34. The van der Waals surface area contributed by atoms with E-state index >= 15 is 0 Å². The Morgan fingerprint density at radius 1 is 1.03 bits per heavy atom. The predicted octanol–water partition coefficient (Wildman–Crippen LogP) is 5.37. The van der Waals surface area contributed by atoms with Gasteiger partial charge in [-0.3, -0.25) is 0 Å². The summed E-state index contributed by atoms with van der Waals surface area (Å²) in [4.78, 5) is 4.59. The highest BCUT2D eigenvalue weighted by Crippen LogP contribution is 2.40. The van der Waals surface area contributed by atoms with Gasteiger partial charge in [0.1, 0.15) is 23.5 Å². The quantitative estimate of drug-likeness (QED) is 0.450. The van der Waals surface area contributed by atoms with Gasteiger partial charge in [-0.25, -0.2) is 4.98 Å². The Balaban J connectivity index is 0.00000240. The predicted molar refractivity (Wildman–Crippen MR) is 114 cm³/mol. The van der Waals surface area contributed by atoms with Gasteiger partial charge in [0.05, 0.1) is 6.61 Å². The molecule has 1 aliphatic carbocycles. The van der Waals surface area contributed by atoms with Gasteiger partial charge in [0.25, 0.3) is 0 Å². The molecule has 0 saturated heterocycles. The molecule has 29 heavy (non-hydrogen) atoms. The molecule has 2 aromatic carbocycles. The van der Waals surface area contributed by atoms with E-state index in [0.717, 1.165) is 40.6 Å². The number of oxazole rings is 1. The highest BCUT2D eigenvalue weighted by atomic mass is 35.5. The minimum atomic E-state index is 0. The maximum Gasteiger partial charge on any atom is 0.197 e. The topological polar surface area (TPSA) is 64.7 Å². The van der Waals surface area contributed by atoms with Crippen molar-refractivity contribution in [1.29, 1.82) is 0 Å². The molecule has 154 valence electrons. The number of hydrogen-bond donors (Lipinski definition) is 1. The van der Waals surface area contributed by atoms with Gasteiger partial charge in [-0.2, -0.15) is 0 Å². The van der Waals surface area contributed by atoms with Crippen LogP contribution in [0.25, 0.3) is 11.3 Å². The third kappa shape index (κ3) is 5.82. The molecular weight excluding hydrogens is 390 g/mol. The van der Waals surface area contributed by atoms with Crippen LogP contribution in [0.5, 0.6) is 11.5 Å². The van der Waals surface area contributed by atoms with E-state index in [1.807, 2.05) is 48.5 Å². The first-order chi connectivity index (χ1) is 13.8. The minimum Gasteiger partial charge on any atom is -0.457 e. The number of halogens is 1. The zero-order valence-corrected chi connectivity index (χ0v) is 17.1. The van der Waals surface area contributed by atoms with Crippen LogP contribution in [0.2, 0.25) is 0 Å². The second-order valence-corrected chi connectivity index (χ2v) is 7.02. The first kappa shape index (κ1) is 21.4. The molecule has 1 heterocycles. The maximum absolute atomic E-state index is 8.80. The molecule has 0 unspecified atom stereocenters. The molecule has 1 aliphatic rings. The lowest BCUT2D eigenvalue weighted by atomic mass is 10.1. The standard InChI is InChI=1S/C23H25NO4.ClH/c25-13-3-14-26-15-12-18-4-1-2-5-22(18)28-20-10-8-17(9-11-20)21-16-27-23(24-21)19-6-7-19;/h1-2,4-5,8-11,16,19,25H,3,6-7,12-15H2;1H. The van der Waals surface area contributed by atoms with Crippen molar-refractivity contribution in [2.45, 2.75) is 31.6 Å². The van der Waals surface area contributed by atoms with Crippen molar-refractivity contribution in [3.8, 4) is 22.8 Å². The molecular formula is C23H26ClNO4. The number of nitrogens with zero attached hydrogens (tertiary/aromatic N) is 1. The van der Waals surface area contributed by atoms with Gasteiger partial charge in [-0.1, -0.05) is 18.2 Å². The van der Waals surface area contributed by atoms with E-state index < -0.39 is 0 Å². The summed E-state index contributed by atoms with van der Waals surface area (Å²) in [6.07, 6.45) is 5.52. The monoisotopic (exact) mass is 415 g/mol. The van der Waals surface area contributed by atoms with Gasteiger partial charge >= 0.3 is 0 Å². The van der Waals surface area contributed by atoms with Crippen molar-refractivity contribution in [1.82, 2.24) is 4.98 Å². The van der Waals surface area contributed by atoms with Crippen molar-refractivity contribution in [2.75, 3.05) is 19.8 Å². The summed E-state index contributed by atoms with van der Waals surface area (Å²) < 4.78 is 17.2. The van der Waals surface area contributed by atoms with E-state index in [1.165, 1.54) is 12.8 Å². The Morgan fingerprint density at radius 2 is 1.83 bits per heavy atom. The maximum atomic E-state index is 8.80. The van der Waals surface area contributed by atoms with Crippen LogP contribution in [-0.2, 0) is 11.2 Å². The summed E-state index contributed by atoms with van der Waals surface area (Å²) in [5.41, 5.74) is 2.99. The smallest absolute Gasteiger partial charge is 0.197 e. The van der Waals surface area contributed by atoms with Crippen LogP contribution < -0.4 is 4.74 Å². The van der Waals surface area contributed by atoms with E-state index in [1.54, 1.807) is 6.26 Å². The number of aliphatic hydroxyl groups is 1. The van der Waals surface area contributed by atoms with Gasteiger partial charge < -0.3 is 19.0 Å². The first-order valence-corrected chi connectivity index (χ1v) is 9.83. The molecule has 6 heteroatoms. The number of rotatable bonds is 10. The number of benzene rings is 2. The number of aliphatic hydroxyl groups excluding tert-OH is 1. The van der Waals surface area contributed by atoms with E-state index in [9.17, 15) is 0 Å². The lowest BCUT2D eigenvalue weighted by molar-refractivity contribution is 0.118. The molecule has 3 aromatic rings. The normalized spacial score (nSPS) is 13.1. The van der Waals surface area contributed by atoms with Gasteiger partial charge in [-0.05, 0) is 61.6 Å². The van der Waals surface area contributed by atoms with Crippen molar-refractivity contribution in [3.63, 3.8) is 0 Å². The summed E-state index contributed by atoms with van der Waals surface area (Å²) in [6.45, 7) is 1.34. The molecule has 0 amide bonds. The van der Waals surface area contributed by atoms with Crippen LogP contribution in [0, 0.1) is 0 Å². The molecule has 0 radical (unpaired) electrons. The fraction of sp³-hybridized carbons (Fsp3) is 0.348. The van der Waals surface area contributed by atoms with Gasteiger partial charge in [0.15, 0.2) is 5.89 Å². The second kappa shape index (κ2) is 10.4. The van der Waals surface area contributed by atoms with E-state index in [2.05, 4.69) is 4.98 Å². The highest BCUT2D eigenvalue weighted by molar-refractivity contribution is 5.85. The molecule has 1 aromatic heterocycles. The molecule has 1 fully saturated rings. The second-order valence-electron chi connectivity index (χ2n) is 7.02. The van der Waals surface area contributed by atoms with Crippen molar-refractivity contribution in [3.05, 3.63) is 66.2 Å². The molecule has 1 N–H and O–H groups in total. The fourth-order valence-corrected chi connectivity index (χ4v) is 3.02. The highest BCUT2D eigenvalue weighted by Gasteiger charge is 2.28. The first-order valence-electron chi connectivity index (χ1n) is 9.83. The molecule has 1 saturated carbocycles. The van der Waals surface area contributed by atoms with Gasteiger partial charge in [0.2, 0.25) is 0 Å². The molecule has 4 rings (SSSR count). The molecule has 0 atom stereocenters. The number of para-hydroxylation sites is 1. The molecule has 0 aliphatic heterocycles. The van der Waals surface area contributed by atoms with Crippen LogP contribution in [0.3, 0.4) is 0 Å². The number of hydrogen-bond acceptors (Lipinski definition) is 5. The minimum absolute atomic E-state index is 0. The summed E-state index contributed by atoms with van der Waals surface area (Å²) in [7, 11) is 0. The Bertz CT molecular complexity index is 890. The van der Waals surface area contributed by atoms with E-state index in [-0.39, 0.29) is 19.0 Å². The number of aromatic nitrogens is 1. The molecule has 0 bridgehead atoms. The zero-order valence-electron chi connectivity index (χ0n) is 16.3. The third-order valence-electron chi connectivity index (χ3n) is 4.76. The average molecular weight is 416 g/mol. The fourth-order valence-electron chi connectivity index (χ4n) is 3.02. The van der Waals surface area contributed by atoms with Gasteiger partial charge in [-0.15, -0.1) is 12.4 Å². The van der Waals surface area contributed by atoms with Crippen molar-refractivity contribution >= 4 is 12.4 Å². The van der Waals surface area contributed by atoms with Crippen LogP contribution >= 0.6 is 12.4 Å². The molecule has 0 spiro atoms. The number of ether oxygens (including phenoxy) is 2. The summed E-state index contributed by atoms with van der Waals surface area (Å²) in [5.74, 6) is 2.98. The lowest BCUT2D eigenvalue weighted by Crippen LogP contribution is -2.03. The Labute approximate surface area is 177 Å². The largest absolute Gasteiger partial charge is 0.457 e. The zero-order chi connectivity index (χ0) is 19.2. The summed E-state index contributed by atoms with van der Waals surface area (Å²) >= 11 is 0. The SMILES string of the molecule is Cl.OCCCOCCc1ccccc1Oc1ccc(-c2coc(C3CC3)n2)cc1. The lowest BCUT2D eigenvalue weighted by Gasteiger charge is -2.11. The molecule has 5 nitrogen and oxygen atoms in total. The van der Waals surface area contributed by atoms with E-state index in [0.29, 0.717) is 25.6 Å².